The highest BCUT2D eigenvalue weighted by molar-refractivity contribution is 7.80. The summed E-state index contributed by atoms with van der Waals surface area (Å²) in [7, 11) is 0. The second-order valence-electron chi connectivity index (χ2n) is 6.44. The van der Waals surface area contributed by atoms with Crippen LogP contribution in [0.4, 0.5) is 11.4 Å². The van der Waals surface area contributed by atoms with Gasteiger partial charge in [-0.3, -0.25) is 4.79 Å². The largest absolute Gasteiger partial charge is 0.358 e. The lowest BCUT2D eigenvalue weighted by atomic mass is 10.1. The average Bonchev–Trinajstić information content (AvgIpc) is 3.03. The number of nitrogens with zero attached hydrogens (tertiary/aromatic N) is 1. The zero-order valence-corrected chi connectivity index (χ0v) is 15.5. The molecular formula is C20H23N3OS. The van der Waals surface area contributed by atoms with Gasteiger partial charge >= 0.3 is 0 Å². The van der Waals surface area contributed by atoms with E-state index in [1.165, 1.54) is 5.56 Å². The molecule has 4 nitrogen and oxygen atoms in total. The van der Waals surface area contributed by atoms with E-state index in [9.17, 15) is 4.79 Å². The van der Waals surface area contributed by atoms with Crippen molar-refractivity contribution in [2.24, 2.45) is 0 Å². The van der Waals surface area contributed by atoms with Crippen molar-refractivity contribution < 1.29 is 4.79 Å². The SMILES string of the molecule is Cc1ccc(C)c(NC(=S)NCc2cccc(N3CCCC3=O)c2)c1. The fraction of sp³-hybridized carbons (Fsp3) is 0.300. The minimum absolute atomic E-state index is 0.206. The summed E-state index contributed by atoms with van der Waals surface area (Å²) >= 11 is 5.41. The van der Waals surface area contributed by atoms with Crippen LogP contribution in [0.3, 0.4) is 0 Å². The summed E-state index contributed by atoms with van der Waals surface area (Å²) in [4.78, 5) is 13.8. The molecule has 3 rings (SSSR count). The Morgan fingerprint density at radius 3 is 2.80 bits per heavy atom. The minimum Gasteiger partial charge on any atom is -0.358 e. The lowest BCUT2D eigenvalue weighted by molar-refractivity contribution is -0.117. The molecule has 2 aromatic carbocycles. The third-order valence-corrected chi connectivity index (χ3v) is 4.64. The molecule has 25 heavy (non-hydrogen) atoms. The molecule has 2 N–H and O–H groups in total. The van der Waals surface area contributed by atoms with E-state index in [2.05, 4.69) is 48.7 Å². The molecule has 1 fully saturated rings. The highest BCUT2D eigenvalue weighted by Gasteiger charge is 2.21. The Balaban J connectivity index is 1.60. The number of carbonyl (C=O) groups excluding carboxylic acids is 1. The average molecular weight is 353 g/mol. The van der Waals surface area contributed by atoms with Crippen LogP contribution in [0.15, 0.2) is 42.5 Å². The van der Waals surface area contributed by atoms with Crippen LogP contribution in [0.5, 0.6) is 0 Å². The minimum atomic E-state index is 0.206. The number of aryl methyl sites for hydroxylation is 2. The highest BCUT2D eigenvalue weighted by atomic mass is 32.1. The van der Waals surface area contributed by atoms with E-state index in [4.69, 9.17) is 12.2 Å². The van der Waals surface area contributed by atoms with Gasteiger partial charge in [0.1, 0.15) is 0 Å². The zero-order valence-electron chi connectivity index (χ0n) is 14.6. The Hall–Kier alpha value is -2.40. The Labute approximate surface area is 154 Å². The van der Waals surface area contributed by atoms with Crippen molar-refractivity contribution in [3.63, 3.8) is 0 Å². The molecule has 0 bridgehead atoms. The molecule has 0 unspecified atom stereocenters. The van der Waals surface area contributed by atoms with Gasteiger partial charge in [0.05, 0.1) is 0 Å². The van der Waals surface area contributed by atoms with Crippen LogP contribution in [0, 0.1) is 13.8 Å². The van der Waals surface area contributed by atoms with Gasteiger partial charge in [0.2, 0.25) is 5.91 Å². The summed E-state index contributed by atoms with van der Waals surface area (Å²) in [6.07, 6.45) is 1.58. The van der Waals surface area contributed by atoms with Gasteiger partial charge in [0, 0.05) is 30.9 Å². The van der Waals surface area contributed by atoms with Crippen LogP contribution in [-0.2, 0) is 11.3 Å². The number of amides is 1. The number of hydrogen-bond donors (Lipinski definition) is 2. The second-order valence-corrected chi connectivity index (χ2v) is 6.85. The Kier molecular flexibility index (Phi) is 5.34. The monoisotopic (exact) mass is 353 g/mol. The summed E-state index contributed by atoms with van der Waals surface area (Å²) in [5, 5.41) is 7.09. The van der Waals surface area contributed by atoms with Crippen LogP contribution in [0.25, 0.3) is 0 Å². The predicted molar refractivity (Wildman–Crippen MR) is 107 cm³/mol. The van der Waals surface area contributed by atoms with Gasteiger partial charge in [-0.05, 0) is 67.4 Å². The fourth-order valence-corrected chi connectivity index (χ4v) is 3.16. The second kappa shape index (κ2) is 7.66. The third kappa shape index (κ3) is 4.37. The molecule has 0 saturated carbocycles. The number of carbonyl (C=O) groups is 1. The van der Waals surface area contributed by atoms with Crippen LogP contribution >= 0.6 is 12.2 Å². The van der Waals surface area contributed by atoms with Crippen LogP contribution in [-0.4, -0.2) is 17.6 Å². The number of rotatable bonds is 4. The van der Waals surface area contributed by atoms with E-state index >= 15 is 0 Å². The number of benzene rings is 2. The van der Waals surface area contributed by atoms with Crippen molar-refractivity contribution >= 4 is 34.6 Å². The molecule has 0 aromatic heterocycles. The van der Waals surface area contributed by atoms with Gasteiger partial charge in [-0.25, -0.2) is 0 Å². The number of hydrogen-bond acceptors (Lipinski definition) is 2. The smallest absolute Gasteiger partial charge is 0.227 e. The topological polar surface area (TPSA) is 44.4 Å². The molecule has 5 heteroatoms. The summed E-state index contributed by atoms with van der Waals surface area (Å²) in [5.74, 6) is 0.206. The molecular weight excluding hydrogens is 330 g/mol. The summed E-state index contributed by atoms with van der Waals surface area (Å²) < 4.78 is 0. The van der Waals surface area contributed by atoms with Crippen molar-refractivity contribution in [2.75, 3.05) is 16.8 Å². The van der Waals surface area contributed by atoms with E-state index in [0.717, 1.165) is 35.5 Å². The van der Waals surface area contributed by atoms with E-state index in [1.807, 2.05) is 23.1 Å². The lowest BCUT2D eigenvalue weighted by Gasteiger charge is -2.17. The maximum atomic E-state index is 11.9. The van der Waals surface area contributed by atoms with Gasteiger partial charge in [-0.1, -0.05) is 24.3 Å². The number of anilines is 2. The first-order chi connectivity index (χ1) is 12.0. The standard InChI is InChI=1S/C20H23N3OS/c1-14-8-9-15(2)18(11-14)22-20(25)21-13-16-5-3-6-17(12-16)23-10-4-7-19(23)24/h3,5-6,8-9,11-12H,4,7,10,13H2,1-2H3,(H2,21,22,25). The van der Waals surface area contributed by atoms with Gasteiger partial charge in [-0.2, -0.15) is 0 Å². The van der Waals surface area contributed by atoms with Crippen molar-refractivity contribution in [3.8, 4) is 0 Å². The predicted octanol–water partition coefficient (Wildman–Crippen LogP) is 3.92. The first-order valence-corrected chi connectivity index (χ1v) is 8.95. The summed E-state index contributed by atoms with van der Waals surface area (Å²) in [6, 6.07) is 14.3. The fourth-order valence-electron chi connectivity index (χ4n) is 2.97. The Morgan fingerprint density at radius 2 is 2.04 bits per heavy atom. The molecule has 0 aliphatic carbocycles. The van der Waals surface area contributed by atoms with Gasteiger partial charge in [0.15, 0.2) is 5.11 Å². The number of nitrogens with one attached hydrogen (secondary N) is 2. The van der Waals surface area contributed by atoms with Crippen LogP contribution in [0.2, 0.25) is 0 Å². The normalized spacial score (nSPS) is 13.8. The van der Waals surface area contributed by atoms with Crippen LogP contribution < -0.4 is 15.5 Å². The highest BCUT2D eigenvalue weighted by Crippen LogP contribution is 2.22. The Bertz CT molecular complexity index is 803. The third-order valence-electron chi connectivity index (χ3n) is 4.39. The zero-order chi connectivity index (χ0) is 17.8. The van der Waals surface area contributed by atoms with Crippen molar-refractivity contribution in [1.29, 1.82) is 0 Å². The van der Waals surface area contributed by atoms with Crippen molar-refractivity contribution in [3.05, 3.63) is 59.2 Å². The first-order valence-electron chi connectivity index (χ1n) is 8.54. The molecule has 0 radical (unpaired) electrons. The molecule has 2 aromatic rings. The van der Waals surface area contributed by atoms with Gasteiger partial charge in [-0.15, -0.1) is 0 Å². The maximum absolute atomic E-state index is 11.9. The molecule has 1 heterocycles. The van der Waals surface area contributed by atoms with E-state index < -0.39 is 0 Å². The van der Waals surface area contributed by atoms with Crippen molar-refractivity contribution in [2.45, 2.75) is 33.2 Å². The molecule has 130 valence electrons. The molecule has 1 amide bonds. The van der Waals surface area contributed by atoms with Crippen LogP contribution in [0.1, 0.15) is 29.5 Å². The van der Waals surface area contributed by atoms with Gasteiger partial charge in [0.25, 0.3) is 0 Å². The van der Waals surface area contributed by atoms with Gasteiger partial charge < -0.3 is 15.5 Å². The van der Waals surface area contributed by atoms with E-state index in [1.54, 1.807) is 0 Å². The first kappa shape index (κ1) is 17.4. The summed E-state index contributed by atoms with van der Waals surface area (Å²) in [5.41, 5.74) is 5.44. The van der Waals surface area contributed by atoms with E-state index in [-0.39, 0.29) is 5.91 Å². The Morgan fingerprint density at radius 1 is 1.20 bits per heavy atom. The maximum Gasteiger partial charge on any atom is 0.227 e. The van der Waals surface area contributed by atoms with Crippen molar-refractivity contribution in [1.82, 2.24) is 5.32 Å². The molecule has 0 atom stereocenters. The molecule has 1 saturated heterocycles. The molecule has 0 spiro atoms. The number of thiocarbonyl (C=S) groups is 1. The lowest BCUT2D eigenvalue weighted by Crippen LogP contribution is -2.28. The molecule has 1 aliphatic rings. The van der Waals surface area contributed by atoms with E-state index in [0.29, 0.717) is 18.1 Å². The molecule has 1 aliphatic heterocycles. The summed E-state index contributed by atoms with van der Waals surface area (Å²) in [6.45, 7) is 5.54. The quantitative estimate of drug-likeness (QED) is 0.818.